The molecule has 0 heterocycles. The minimum atomic E-state index is -0.249. The molecule has 11 heavy (non-hydrogen) atoms. The van der Waals surface area contributed by atoms with Gasteiger partial charge in [-0.15, -0.1) is 0 Å². The maximum atomic E-state index is 10.8. The van der Waals surface area contributed by atoms with E-state index in [1.165, 1.54) is 0 Å². The van der Waals surface area contributed by atoms with Crippen molar-refractivity contribution in [2.75, 3.05) is 6.54 Å². The molecule has 0 bridgehead atoms. The smallest absolute Gasteiger partial charge is 0.234 e. The van der Waals surface area contributed by atoms with E-state index < -0.39 is 0 Å². The van der Waals surface area contributed by atoms with E-state index in [9.17, 15) is 4.79 Å². The van der Waals surface area contributed by atoms with E-state index in [0.717, 1.165) is 13.0 Å². The molecule has 0 saturated carbocycles. The molecular formula is C8H18N2O. The molecule has 0 spiro atoms. The molecule has 0 unspecified atom stereocenters. The Hall–Kier alpha value is -0.570. The highest BCUT2D eigenvalue weighted by Crippen LogP contribution is 2.03. The van der Waals surface area contributed by atoms with Crippen LogP contribution in [-0.4, -0.2) is 18.5 Å². The van der Waals surface area contributed by atoms with Gasteiger partial charge in [-0.3, -0.25) is 4.79 Å². The summed E-state index contributed by atoms with van der Waals surface area (Å²) in [6.07, 6.45) is 0.823. The molecule has 0 fully saturated rings. The summed E-state index contributed by atoms with van der Waals surface area (Å²) in [6, 6.07) is -0.153. The average molecular weight is 158 g/mol. The highest BCUT2D eigenvalue weighted by atomic mass is 16.1. The predicted molar refractivity (Wildman–Crippen MR) is 46.1 cm³/mol. The number of hydrogen-bond donors (Lipinski definition) is 2. The molecule has 66 valence electrons. The third-order valence-electron chi connectivity index (χ3n) is 1.50. The van der Waals surface area contributed by atoms with Crippen LogP contribution in [0.2, 0.25) is 0 Å². The molecule has 0 aliphatic rings. The molecule has 1 amide bonds. The summed E-state index contributed by atoms with van der Waals surface area (Å²) in [4.78, 5) is 10.8. The van der Waals surface area contributed by atoms with Crippen LogP contribution in [0.3, 0.4) is 0 Å². The van der Waals surface area contributed by atoms with Gasteiger partial charge in [0.05, 0.1) is 6.04 Å². The van der Waals surface area contributed by atoms with Gasteiger partial charge in [-0.1, -0.05) is 20.8 Å². The number of carbonyl (C=O) groups excluding carboxylic acids is 1. The fraction of sp³-hybridized carbons (Fsp3) is 0.875. The number of nitrogens with one attached hydrogen (secondary N) is 1. The third-order valence-corrected chi connectivity index (χ3v) is 1.50. The lowest BCUT2D eigenvalue weighted by molar-refractivity contribution is -0.120. The molecule has 3 heteroatoms. The number of carbonyl (C=O) groups is 1. The first-order valence-corrected chi connectivity index (χ1v) is 4.10. The molecular weight excluding hydrogens is 140 g/mol. The van der Waals surface area contributed by atoms with E-state index in [2.05, 4.69) is 19.2 Å². The van der Waals surface area contributed by atoms with Crippen molar-refractivity contribution < 1.29 is 4.79 Å². The van der Waals surface area contributed by atoms with Crippen LogP contribution in [0, 0.1) is 5.92 Å². The quantitative estimate of drug-likeness (QED) is 0.612. The van der Waals surface area contributed by atoms with Crippen molar-refractivity contribution in [3.63, 3.8) is 0 Å². The molecule has 3 nitrogen and oxygen atoms in total. The molecule has 0 aromatic heterocycles. The Morgan fingerprint density at radius 3 is 2.36 bits per heavy atom. The van der Waals surface area contributed by atoms with Gasteiger partial charge in [0.2, 0.25) is 5.91 Å². The van der Waals surface area contributed by atoms with Crippen LogP contribution in [0.4, 0.5) is 0 Å². The molecule has 0 radical (unpaired) electrons. The Balaban J connectivity index is 3.79. The SMILES string of the molecule is CCN[C@H](CC(C)C)C(N)=O. The van der Waals surface area contributed by atoms with Crippen LogP contribution in [0.1, 0.15) is 27.2 Å². The first-order chi connectivity index (χ1) is 5.07. The van der Waals surface area contributed by atoms with E-state index in [1.54, 1.807) is 0 Å². The molecule has 0 aliphatic heterocycles. The lowest BCUT2D eigenvalue weighted by Gasteiger charge is -2.15. The molecule has 0 saturated heterocycles. The summed E-state index contributed by atoms with van der Waals surface area (Å²) >= 11 is 0. The van der Waals surface area contributed by atoms with Gasteiger partial charge in [-0.25, -0.2) is 0 Å². The fourth-order valence-corrected chi connectivity index (χ4v) is 1.02. The maximum absolute atomic E-state index is 10.8. The molecule has 0 aliphatic carbocycles. The number of amides is 1. The Bertz CT molecular complexity index is 123. The van der Waals surface area contributed by atoms with Crippen LogP contribution in [0.15, 0.2) is 0 Å². The van der Waals surface area contributed by atoms with Crippen molar-refractivity contribution in [2.45, 2.75) is 33.2 Å². The Labute approximate surface area is 68.3 Å². The Kier molecular flexibility index (Phi) is 4.86. The monoisotopic (exact) mass is 158 g/mol. The molecule has 3 N–H and O–H groups in total. The summed E-state index contributed by atoms with van der Waals surface area (Å²) in [5, 5.41) is 3.04. The van der Waals surface area contributed by atoms with Crippen LogP contribution < -0.4 is 11.1 Å². The summed E-state index contributed by atoms with van der Waals surface area (Å²) in [5.41, 5.74) is 5.17. The van der Waals surface area contributed by atoms with Crippen molar-refractivity contribution in [1.29, 1.82) is 0 Å². The number of hydrogen-bond acceptors (Lipinski definition) is 2. The summed E-state index contributed by atoms with van der Waals surface area (Å²) in [6.45, 7) is 6.91. The largest absolute Gasteiger partial charge is 0.368 e. The van der Waals surface area contributed by atoms with Gasteiger partial charge < -0.3 is 11.1 Å². The zero-order valence-electron chi connectivity index (χ0n) is 7.55. The van der Waals surface area contributed by atoms with Crippen LogP contribution in [0.5, 0.6) is 0 Å². The first kappa shape index (κ1) is 10.4. The van der Waals surface area contributed by atoms with Gasteiger partial charge in [0.25, 0.3) is 0 Å². The zero-order valence-corrected chi connectivity index (χ0v) is 7.55. The highest BCUT2D eigenvalue weighted by molar-refractivity contribution is 5.79. The normalized spacial score (nSPS) is 13.5. The number of primary amides is 1. The first-order valence-electron chi connectivity index (χ1n) is 4.10. The van der Waals surface area contributed by atoms with Gasteiger partial charge in [-0.2, -0.15) is 0 Å². The van der Waals surface area contributed by atoms with Crippen LogP contribution in [0.25, 0.3) is 0 Å². The molecule has 1 atom stereocenters. The highest BCUT2D eigenvalue weighted by Gasteiger charge is 2.14. The topological polar surface area (TPSA) is 55.1 Å². The second-order valence-electron chi connectivity index (χ2n) is 3.14. The minimum Gasteiger partial charge on any atom is -0.368 e. The Morgan fingerprint density at radius 1 is 1.55 bits per heavy atom. The van der Waals surface area contributed by atoms with Gasteiger partial charge in [0, 0.05) is 0 Å². The summed E-state index contributed by atoms with van der Waals surface area (Å²) < 4.78 is 0. The van der Waals surface area contributed by atoms with E-state index in [0.29, 0.717) is 5.92 Å². The standard InChI is InChI=1S/C8H18N2O/c1-4-10-7(8(9)11)5-6(2)3/h6-7,10H,4-5H2,1-3H3,(H2,9,11)/t7-/m1/s1. The number of likely N-dealkylation sites (N-methyl/N-ethyl adjacent to an activating group) is 1. The van der Waals surface area contributed by atoms with Gasteiger partial charge in [0.15, 0.2) is 0 Å². The predicted octanol–water partition coefficient (Wildman–Crippen LogP) is 0.496. The van der Waals surface area contributed by atoms with Gasteiger partial charge in [0.1, 0.15) is 0 Å². The van der Waals surface area contributed by atoms with Crippen molar-refractivity contribution in [2.24, 2.45) is 11.7 Å². The summed E-state index contributed by atoms with van der Waals surface area (Å²) in [7, 11) is 0. The van der Waals surface area contributed by atoms with E-state index in [1.807, 2.05) is 6.92 Å². The maximum Gasteiger partial charge on any atom is 0.234 e. The van der Waals surface area contributed by atoms with E-state index >= 15 is 0 Å². The fourth-order valence-electron chi connectivity index (χ4n) is 1.02. The number of nitrogens with two attached hydrogens (primary N) is 1. The summed E-state index contributed by atoms with van der Waals surface area (Å²) in [5.74, 6) is 0.257. The van der Waals surface area contributed by atoms with Gasteiger partial charge in [-0.05, 0) is 18.9 Å². The second kappa shape index (κ2) is 5.13. The number of rotatable bonds is 5. The van der Waals surface area contributed by atoms with Crippen molar-refractivity contribution in [3.8, 4) is 0 Å². The van der Waals surface area contributed by atoms with Crippen molar-refractivity contribution in [1.82, 2.24) is 5.32 Å². The van der Waals surface area contributed by atoms with Crippen LogP contribution in [-0.2, 0) is 4.79 Å². The van der Waals surface area contributed by atoms with Crippen molar-refractivity contribution >= 4 is 5.91 Å². The molecule has 0 aromatic carbocycles. The zero-order chi connectivity index (χ0) is 8.85. The van der Waals surface area contributed by atoms with Crippen molar-refractivity contribution in [3.05, 3.63) is 0 Å². The second-order valence-corrected chi connectivity index (χ2v) is 3.14. The van der Waals surface area contributed by atoms with E-state index in [4.69, 9.17) is 5.73 Å². The van der Waals surface area contributed by atoms with Gasteiger partial charge >= 0.3 is 0 Å². The van der Waals surface area contributed by atoms with E-state index in [-0.39, 0.29) is 11.9 Å². The third kappa shape index (κ3) is 4.79. The van der Waals surface area contributed by atoms with Crippen LogP contribution >= 0.6 is 0 Å². The lowest BCUT2D eigenvalue weighted by atomic mass is 10.0. The average Bonchev–Trinajstić information content (AvgIpc) is 1.86. The minimum absolute atomic E-state index is 0.153. The molecule has 0 rings (SSSR count). The molecule has 0 aromatic rings. The lowest BCUT2D eigenvalue weighted by Crippen LogP contribution is -2.41. The Morgan fingerprint density at radius 2 is 2.09 bits per heavy atom.